The molecule has 1 fully saturated rings. The fourth-order valence-electron chi connectivity index (χ4n) is 0. The smallest absolute Gasteiger partial charge is 0.450 e. The molecule has 0 radical (unpaired) electrons. The van der Waals surface area contributed by atoms with Crippen LogP contribution in [0.1, 0.15) is 0 Å². The first-order valence-electron chi connectivity index (χ1n) is 1.73. The van der Waals surface area contributed by atoms with Crippen molar-refractivity contribution in [3.63, 3.8) is 0 Å². The van der Waals surface area contributed by atoms with Gasteiger partial charge in [0.05, 0.1) is 13.2 Å². The largest absolute Gasteiger partial charge is 0.503 e. The number of rotatable bonds is 0. The van der Waals surface area contributed by atoms with Gasteiger partial charge in [0.15, 0.2) is 0 Å². The van der Waals surface area contributed by atoms with Crippen LogP contribution in [0.5, 0.6) is 0 Å². The van der Waals surface area contributed by atoms with Gasteiger partial charge in [-0.05, 0) is 0 Å². The normalized spacial score (nSPS) is 13.7. The molecule has 0 amide bonds. The van der Waals surface area contributed by atoms with Crippen LogP contribution in [-0.2, 0) is 4.74 Å². The molecule has 1 aliphatic rings. The zero-order valence-corrected chi connectivity index (χ0v) is 3.63. The molecule has 0 unspecified atom stereocenters. The lowest BCUT2D eigenvalue weighted by Crippen LogP contribution is -1.81. The molecule has 1 rings (SSSR count). The van der Waals surface area contributed by atoms with Crippen LogP contribution in [0.15, 0.2) is 0 Å². The monoisotopic (exact) mass is 106 g/mol. The summed E-state index contributed by atoms with van der Waals surface area (Å²) in [5.74, 6) is 0. The molecule has 0 aromatic rings. The maximum absolute atomic E-state index is 8.56. The summed E-state index contributed by atoms with van der Waals surface area (Å²) >= 11 is 0. The van der Waals surface area contributed by atoms with E-state index in [2.05, 4.69) is 4.74 Å². The van der Waals surface area contributed by atoms with E-state index in [4.69, 9.17) is 15.0 Å². The number of carbonyl (C=O) groups is 1. The van der Waals surface area contributed by atoms with Crippen molar-refractivity contribution in [3.05, 3.63) is 0 Å². The summed E-state index contributed by atoms with van der Waals surface area (Å²) in [5.41, 5.74) is 0. The summed E-state index contributed by atoms with van der Waals surface area (Å²) in [7, 11) is 0. The molecule has 0 aliphatic carbocycles. The van der Waals surface area contributed by atoms with Gasteiger partial charge in [-0.3, -0.25) is 0 Å². The quantitative estimate of drug-likeness (QED) is 0.434. The second kappa shape index (κ2) is 3.42. The first-order valence-corrected chi connectivity index (χ1v) is 1.73. The topological polar surface area (TPSA) is 70.1 Å². The summed E-state index contributed by atoms with van der Waals surface area (Å²) in [5, 5.41) is 13.9. The molecule has 2 N–H and O–H groups in total. The minimum atomic E-state index is -1.83. The molecule has 0 aromatic heterocycles. The van der Waals surface area contributed by atoms with Crippen molar-refractivity contribution in [2.45, 2.75) is 0 Å². The van der Waals surface area contributed by atoms with E-state index in [1.807, 2.05) is 0 Å². The van der Waals surface area contributed by atoms with Crippen LogP contribution in [-0.4, -0.2) is 29.6 Å². The van der Waals surface area contributed by atoms with Gasteiger partial charge in [0.2, 0.25) is 0 Å². The Kier molecular flexibility index (Phi) is 3.04. The predicted molar refractivity (Wildman–Crippen MR) is 21.5 cm³/mol. The molecular weight excluding hydrogens is 100 g/mol. The molecule has 7 heavy (non-hydrogen) atoms. The minimum absolute atomic E-state index is 1.00. The number of ether oxygens (including phenoxy) is 1. The molecule has 0 atom stereocenters. The number of hydrogen-bond donors (Lipinski definition) is 2. The molecule has 1 saturated heterocycles. The van der Waals surface area contributed by atoms with Crippen LogP contribution in [0.4, 0.5) is 4.79 Å². The average Bonchev–Trinajstić information content (AvgIpc) is 2.02. The van der Waals surface area contributed by atoms with Gasteiger partial charge in [-0.1, -0.05) is 0 Å². The maximum Gasteiger partial charge on any atom is 0.503 e. The van der Waals surface area contributed by atoms with E-state index in [0.29, 0.717) is 0 Å². The van der Waals surface area contributed by atoms with E-state index in [-0.39, 0.29) is 0 Å². The Morgan fingerprint density at radius 1 is 1.43 bits per heavy atom. The Labute approximate surface area is 40.3 Å². The van der Waals surface area contributed by atoms with Crippen LogP contribution < -0.4 is 0 Å². The fraction of sp³-hybridized carbons (Fsp3) is 0.667. The van der Waals surface area contributed by atoms with Crippen molar-refractivity contribution < 1.29 is 19.7 Å². The first kappa shape index (κ1) is 6.23. The number of epoxide rings is 1. The Hall–Kier alpha value is -0.770. The zero-order valence-electron chi connectivity index (χ0n) is 3.63. The highest BCUT2D eigenvalue weighted by Crippen LogP contribution is 1.84. The van der Waals surface area contributed by atoms with Crippen molar-refractivity contribution in [3.8, 4) is 0 Å². The van der Waals surface area contributed by atoms with Gasteiger partial charge in [0.25, 0.3) is 0 Å². The Bertz CT molecular complexity index is 51.2. The molecule has 4 nitrogen and oxygen atoms in total. The molecule has 0 spiro atoms. The first-order chi connectivity index (χ1) is 3.23. The van der Waals surface area contributed by atoms with Crippen molar-refractivity contribution >= 4 is 6.16 Å². The van der Waals surface area contributed by atoms with E-state index < -0.39 is 6.16 Å². The standard InChI is InChI=1S/C2H4O.CH2O3/c1-2-3-1;2-1(3)4/h1-2H2;(H2,2,3,4). The molecule has 0 bridgehead atoms. The lowest BCUT2D eigenvalue weighted by atomic mass is 11.0. The van der Waals surface area contributed by atoms with E-state index in [0.717, 1.165) is 13.2 Å². The Balaban J connectivity index is 0.000000105. The van der Waals surface area contributed by atoms with Gasteiger partial charge >= 0.3 is 6.16 Å². The van der Waals surface area contributed by atoms with Gasteiger partial charge in [-0.15, -0.1) is 0 Å². The second-order valence-corrected chi connectivity index (χ2v) is 0.895. The average molecular weight is 106 g/mol. The van der Waals surface area contributed by atoms with Crippen LogP contribution in [0.3, 0.4) is 0 Å². The predicted octanol–water partition coefficient (Wildman–Crippen LogP) is 0.239. The highest BCUT2D eigenvalue weighted by atomic mass is 16.6. The highest BCUT2D eigenvalue weighted by Gasteiger charge is 1.94. The minimum Gasteiger partial charge on any atom is -0.450 e. The molecule has 1 aliphatic heterocycles. The van der Waals surface area contributed by atoms with E-state index >= 15 is 0 Å². The third-order valence-electron chi connectivity index (χ3n) is 0.204. The van der Waals surface area contributed by atoms with Crippen LogP contribution in [0.2, 0.25) is 0 Å². The van der Waals surface area contributed by atoms with E-state index in [1.165, 1.54) is 0 Å². The molecule has 0 aromatic carbocycles. The van der Waals surface area contributed by atoms with Crippen LogP contribution in [0.25, 0.3) is 0 Å². The SMILES string of the molecule is C1CO1.O=C(O)O. The van der Waals surface area contributed by atoms with Crippen molar-refractivity contribution in [1.82, 2.24) is 0 Å². The van der Waals surface area contributed by atoms with Gasteiger partial charge in [-0.2, -0.15) is 0 Å². The Morgan fingerprint density at radius 3 is 1.57 bits per heavy atom. The lowest BCUT2D eigenvalue weighted by Gasteiger charge is -1.60. The summed E-state index contributed by atoms with van der Waals surface area (Å²) in [6.07, 6.45) is -1.83. The van der Waals surface area contributed by atoms with Gasteiger partial charge in [0, 0.05) is 0 Å². The van der Waals surface area contributed by atoms with E-state index in [1.54, 1.807) is 0 Å². The number of hydrogen-bond acceptors (Lipinski definition) is 2. The summed E-state index contributed by atoms with van der Waals surface area (Å²) in [6.45, 7) is 2.00. The summed E-state index contributed by atoms with van der Waals surface area (Å²) < 4.78 is 4.50. The second-order valence-electron chi connectivity index (χ2n) is 0.895. The fourth-order valence-corrected chi connectivity index (χ4v) is 0. The van der Waals surface area contributed by atoms with Gasteiger partial charge in [-0.25, -0.2) is 4.79 Å². The van der Waals surface area contributed by atoms with E-state index in [9.17, 15) is 0 Å². The van der Waals surface area contributed by atoms with Crippen LogP contribution in [0, 0.1) is 0 Å². The molecule has 4 heteroatoms. The Morgan fingerprint density at radius 2 is 1.57 bits per heavy atom. The maximum atomic E-state index is 8.56. The van der Waals surface area contributed by atoms with Gasteiger partial charge < -0.3 is 14.9 Å². The molecule has 0 saturated carbocycles. The molecule has 1 heterocycles. The molecular formula is C3H6O4. The third-order valence-corrected chi connectivity index (χ3v) is 0.204. The summed E-state index contributed by atoms with van der Waals surface area (Å²) in [4.78, 5) is 8.56. The lowest BCUT2D eigenvalue weighted by molar-refractivity contribution is 0.137. The zero-order chi connectivity index (χ0) is 5.70. The summed E-state index contributed by atoms with van der Waals surface area (Å²) in [6, 6.07) is 0. The van der Waals surface area contributed by atoms with Crippen molar-refractivity contribution in [1.29, 1.82) is 0 Å². The van der Waals surface area contributed by atoms with Crippen LogP contribution >= 0.6 is 0 Å². The highest BCUT2D eigenvalue weighted by molar-refractivity contribution is 5.53. The third kappa shape index (κ3) is 1030. The molecule has 42 valence electrons. The van der Waals surface area contributed by atoms with Gasteiger partial charge in [0.1, 0.15) is 0 Å². The number of carboxylic acid groups (broad SMARTS) is 2. The van der Waals surface area contributed by atoms with Crippen molar-refractivity contribution in [2.24, 2.45) is 0 Å². The van der Waals surface area contributed by atoms with Crippen molar-refractivity contribution in [2.75, 3.05) is 13.2 Å².